The zero-order valence-corrected chi connectivity index (χ0v) is 16.5. The van der Waals surface area contributed by atoms with Crippen molar-refractivity contribution in [2.45, 2.75) is 33.1 Å². The summed E-state index contributed by atoms with van der Waals surface area (Å²) >= 11 is 0. The molecule has 2 aromatic heterocycles. The first kappa shape index (κ1) is 21.3. The summed E-state index contributed by atoms with van der Waals surface area (Å²) in [5, 5.41) is 4.04. The predicted molar refractivity (Wildman–Crippen MR) is 107 cm³/mol. The number of Topliss-reactive ketones (excluding diaryl/α,β-unsaturated/α-hetero) is 1. The van der Waals surface area contributed by atoms with Crippen molar-refractivity contribution in [3.63, 3.8) is 0 Å². The highest BCUT2D eigenvalue weighted by Crippen LogP contribution is 2.29. The van der Waals surface area contributed by atoms with Gasteiger partial charge in [0, 0.05) is 29.1 Å². The third kappa shape index (κ3) is 4.12. The molecule has 0 N–H and O–H groups in total. The van der Waals surface area contributed by atoms with Crippen LogP contribution in [0.25, 0.3) is 11.3 Å². The number of carbonyl (C=O) groups is 1. The predicted octanol–water partition coefficient (Wildman–Crippen LogP) is 4.42. The second-order valence-corrected chi connectivity index (χ2v) is 6.88. The summed E-state index contributed by atoms with van der Waals surface area (Å²) in [6.45, 7) is 7.12. The van der Waals surface area contributed by atoms with Crippen LogP contribution in [0.15, 0.2) is 59.9 Å². The average molecular weight is 415 g/mol. The molecule has 0 radical (unpaired) electrons. The zero-order chi connectivity index (χ0) is 22.1. The first-order valence-corrected chi connectivity index (χ1v) is 9.19. The van der Waals surface area contributed by atoms with Gasteiger partial charge in [0.1, 0.15) is 12.1 Å². The summed E-state index contributed by atoms with van der Waals surface area (Å²) in [6, 6.07) is 10.6. The highest BCUT2D eigenvalue weighted by Gasteiger charge is 2.36. The van der Waals surface area contributed by atoms with Gasteiger partial charge < -0.3 is 4.57 Å². The number of halogens is 3. The van der Waals surface area contributed by atoms with Crippen molar-refractivity contribution in [2.24, 2.45) is 0 Å². The number of allylic oxidation sites excluding steroid dienone is 1. The Balaban J connectivity index is 2.08. The van der Waals surface area contributed by atoms with Crippen molar-refractivity contribution in [2.75, 3.05) is 0 Å². The summed E-state index contributed by atoms with van der Waals surface area (Å²) in [4.78, 5) is 25.3. The van der Waals surface area contributed by atoms with Crippen LogP contribution in [0.5, 0.6) is 0 Å². The van der Waals surface area contributed by atoms with Crippen molar-refractivity contribution >= 4 is 5.78 Å². The maximum atomic E-state index is 13.5. The number of nitrogens with zero attached hydrogens (tertiary/aromatic N) is 3. The lowest BCUT2D eigenvalue weighted by molar-refractivity contribution is -0.139. The number of hydrogen-bond acceptors (Lipinski definition) is 3. The van der Waals surface area contributed by atoms with E-state index in [9.17, 15) is 22.8 Å². The van der Waals surface area contributed by atoms with E-state index in [4.69, 9.17) is 0 Å². The number of aryl methyl sites for hydroxylation is 1. The lowest BCUT2D eigenvalue weighted by Gasteiger charge is -2.12. The van der Waals surface area contributed by atoms with Crippen LogP contribution >= 0.6 is 0 Å². The fraction of sp³-hybridized carbons (Fsp3) is 0.227. The van der Waals surface area contributed by atoms with Crippen LogP contribution in [0, 0.1) is 13.8 Å². The zero-order valence-electron chi connectivity index (χ0n) is 16.5. The minimum Gasteiger partial charge on any atom is -0.345 e. The minimum absolute atomic E-state index is 0.0348. The van der Waals surface area contributed by atoms with E-state index in [1.54, 1.807) is 49.4 Å². The Morgan fingerprint density at radius 1 is 1.17 bits per heavy atom. The molecule has 0 aliphatic carbocycles. The topological polar surface area (TPSA) is 56.9 Å². The summed E-state index contributed by atoms with van der Waals surface area (Å²) in [7, 11) is 0. The Morgan fingerprint density at radius 3 is 2.43 bits per heavy atom. The van der Waals surface area contributed by atoms with E-state index in [1.807, 2.05) is 11.5 Å². The first-order chi connectivity index (χ1) is 14.1. The van der Waals surface area contributed by atoms with Crippen molar-refractivity contribution in [3.8, 4) is 11.3 Å². The van der Waals surface area contributed by atoms with Crippen molar-refractivity contribution in [3.05, 3.63) is 88.0 Å². The van der Waals surface area contributed by atoms with Crippen LogP contribution in [0.4, 0.5) is 13.2 Å². The molecule has 5 nitrogen and oxygen atoms in total. The van der Waals surface area contributed by atoms with E-state index >= 15 is 0 Å². The number of rotatable bonds is 6. The lowest BCUT2D eigenvalue weighted by Crippen LogP contribution is -2.33. The molecule has 8 heteroatoms. The Hall–Kier alpha value is -3.42. The molecule has 156 valence electrons. The smallest absolute Gasteiger partial charge is 0.345 e. The lowest BCUT2D eigenvalue weighted by atomic mass is 10.1. The maximum Gasteiger partial charge on any atom is 0.421 e. The fourth-order valence-corrected chi connectivity index (χ4v) is 3.32. The highest BCUT2D eigenvalue weighted by molar-refractivity contribution is 5.97. The molecule has 3 aromatic rings. The largest absolute Gasteiger partial charge is 0.421 e. The highest BCUT2D eigenvalue weighted by atomic mass is 19.4. The van der Waals surface area contributed by atoms with E-state index < -0.39 is 29.6 Å². The summed E-state index contributed by atoms with van der Waals surface area (Å²) in [6.07, 6.45) is -3.19. The SMILES string of the molecule is C=CCn1c(C)cc(C(=O)Cn2nc(-c3ccccc3)cc(C(F)(F)F)c2=O)c1C. The van der Waals surface area contributed by atoms with E-state index in [-0.39, 0.29) is 5.69 Å². The van der Waals surface area contributed by atoms with Gasteiger partial charge in [-0.3, -0.25) is 9.59 Å². The number of benzene rings is 1. The molecular formula is C22H20F3N3O2. The monoisotopic (exact) mass is 415 g/mol. The first-order valence-electron chi connectivity index (χ1n) is 9.19. The second kappa shape index (κ2) is 8.14. The van der Waals surface area contributed by atoms with Crippen LogP contribution < -0.4 is 5.56 Å². The summed E-state index contributed by atoms with van der Waals surface area (Å²) in [5.74, 6) is -0.494. The average Bonchev–Trinajstić information content (AvgIpc) is 2.98. The van der Waals surface area contributed by atoms with E-state index in [0.29, 0.717) is 34.1 Å². The number of alkyl halides is 3. The molecule has 0 saturated heterocycles. The Kier molecular flexibility index (Phi) is 5.78. The molecule has 0 saturated carbocycles. The number of ketones is 1. The van der Waals surface area contributed by atoms with Gasteiger partial charge in [-0.2, -0.15) is 18.3 Å². The molecule has 0 spiro atoms. The Bertz CT molecular complexity index is 1160. The summed E-state index contributed by atoms with van der Waals surface area (Å²) < 4.78 is 42.8. The summed E-state index contributed by atoms with van der Waals surface area (Å²) in [5.41, 5.74) is -0.537. The molecule has 0 bridgehead atoms. The maximum absolute atomic E-state index is 13.5. The fourth-order valence-electron chi connectivity index (χ4n) is 3.32. The van der Waals surface area contributed by atoms with Crippen molar-refractivity contribution in [1.82, 2.24) is 14.3 Å². The van der Waals surface area contributed by atoms with Crippen molar-refractivity contribution in [1.29, 1.82) is 0 Å². The standard InChI is InChI=1S/C22H20F3N3O2/c1-4-10-27-14(2)11-17(15(27)3)20(29)13-28-21(30)18(22(23,24)25)12-19(26-28)16-8-6-5-7-9-16/h4-9,11-12H,1,10,13H2,2-3H3. The molecular weight excluding hydrogens is 395 g/mol. The normalized spacial score (nSPS) is 11.5. The second-order valence-electron chi connectivity index (χ2n) is 6.88. The molecule has 0 unspecified atom stereocenters. The van der Waals surface area contributed by atoms with Crippen LogP contribution in [-0.4, -0.2) is 20.1 Å². The minimum atomic E-state index is -4.87. The van der Waals surface area contributed by atoms with Gasteiger partial charge in [0.2, 0.25) is 0 Å². The molecule has 0 aliphatic rings. The van der Waals surface area contributed by atoms with Gasteiger partial charge in [-0.25, -0.2) is 4.68 Å². The molecule has 1 aromatic carbocycles. The van der Waals surface area contributed by atoms with Crippen LogP contribution in [0.3, 0.4) is 0 Å². The quantitative estimate of drug-likeness (QED) is 0.443. The van der Waals surface area contributed by atoms with E-state index in [2.05, 4.69) is 11.7 Å². The molecule has 0 amide bonds. The Morgan fingerprint density at radius 2 is 1.83 bits per heavy atom. The van der Waals surface area contributed by atoms with Gasteiger partial charge in [0.25, 0.3) is 5.56 Å². The molecule has 0 fully saturated rings. The number of aromatic nitrogens is 3. The van der Waals surface area contributed by atoms with Crippen LogP contribution in [-0.2, 0) is 19.3 Å². The van der Waals surface area contributed by atoms with Gasteiger partial charge in [0.05, 0.1) is 5.69 Å². The van der Waals surface area contributed by atoms with Gasteiger partial charge in [-0.05, 0) is 26.0 Å². The number of carbonyl (C=O) groups excluding carboxylic acids is 1. The molecule has 30 heavy (non-hydrogen) atoms. The van der Waals surface area contributed by atoms with Crippen LogP contribution in [0.1, 0.15) is 27.3 Å². The van der Waals surface area contributed by atoms with E-state index in [1.165, 1.54) is 0 Å². The van der Waals surface area contributed by atoms with Crippen LogP contribution in [0.2, 0.25) is 0 Å². The molecule has 0 aliphatic heterocycles. The third-order valence-electron chi connectivity index (χ3n) is 4.83. The van der Waals surface area contributed by atoms with Crippen molar-refractivity contribution < 1.29 is 18.0 Å². The Labute approximate surface area is 171 Å². The van der Waals surface area contributed by atoms with Gasteiger partial charge in [-0.15, -0.1) is 6.58 Å². The molecule has 2 heterocycles. The van der Waals surface area contributed by atoms with Gasteiger partial charge >= 0.3 is 6.18 Å². The van der Waals surface area contributed by atoms with Gasteiger partial charge in [-0.1, -0.05) is 36.4 Å². The van der Waals surface area contributed by atoms with Gasteiger partial charge in [0.15, 0.2) is 5.78 Å². The third-order valence-corrected chi connectivity index (χ3v) is 4.83. The number of hydrogen-bond donors (Lipinski definition) is 0. The van der Waals surface area contributed by atoms with E-state index in [0.717, 1.165) is 5.69 Å². The molecule has 0 atom stereocenters. The molecule has 3 rings (SSSR count).